The quantitative estimate of drug-likeness (QED) is 0.396. The summed E-state index contributed by atoms with van der Waals surface area (Å²) in [5.41, 5.74) is 0.731. The lowest BCUT2D eigenvalue weighted by atomic mass is 10.3. The standard InChI is InChI=1S/C7H8/c1-2-6-5-7(6)3-4-7/h1,6H,3-5H2. The van der Waals surface area contributed by atoms with Crippen LogP contribution in [-0.4, -0.2) is 0 Å². The highest BCUT2D eigenvalue weighted by Crippen LogP contribution is 2.70. The molecule has 2 rings (SSSR count). The maximum absolute atomic E-state index is 5.20. The van der Waals surface area contributed by atoms with Crippen LogP contribution in [-0.2, 0) is 0 Å². The molecule has 0 heteroatoms. The predicted molar refractivity (Wildman–Crippen MR) is 28.6 cm³/mol. The lowest BCUT2D eigenvalue weighted by Crippen LogP contribution is -1.69. The highest BCUT2D eigenvalue weighted by molar-refractivity contribution is 5.22. The molecule has 0 aromatic carbocycles. The van der Waals surface area contributed by atoms with E-state index in [9.17, 15) is 0 Å². The molecule has 0 bridgehead atoms. The molecule has 7 heavy (non-hydrogen) atoms. The van der Waals surface area contributed by atoms with E-state index in [-0.39, 0.29) is 0 Å². The van der Waals surface area contributed by atoms with E-state index in [0.29, 0.717) is 5.92 Å². The Labute approximate surface area is 43.9 Å². The third-order valence-corrected chi connectivity index (χ3v) is 2.28. The highest BCUT2D eigenvalue weighted by Gasteiger charge is 2.61. The molecule has 2 saturated carbocycles. The second-order valence-electron chi connectivity index (χ2n) is 2.79. The van der Waals surface area contributed by atoms with E-state index >= 15 is 0 Å². The van der Waals surface area contributed by atoms with Gasteiger partial charge in [-0.3, -0.25) is 0 Å². The summed E-state index contributed by atoms with van der Waals surface area (Å²) in [5, 5.41) is 0. The van der Waals surface area contributed by atoms with Crippen LogP contribution in [0.1, 0.15) is 19.3 Å². The minimum absolute atomic E-state index is 0.687. The van der Waals surface area contributed by atoms with Gasteiger partial charge in [-0.05, 0) is 24.7 Å². The van der Waals surface area contributed by atoms with E-state index < -0.39 is 0 Å². The lowest BCUT2D eigenvalue weighted by Gasteiger charge is -1.72. The maximum Gasteiger partial charge on any atom is 0.0262 e. The van der Waals surface area contributed by atoms with Crippen LogP contribution in [0.2, 0.25) is 0 Å². The molecule has 2 fully saturated rings. The maximum atomic E-state index is 5.20. The van der Waals surface area contributed by atoms with Crippen LogP contribution >= 0.6 is 0 Å². The summed E-state index contributed by atoms with van der Waals surface area (Å²) in [6.07, 6.45) is 9.37. The largest absolute Gasteiger partial charge is 0.120 e. The van der Waals surface area contributed by atoms with Crippen molar-refractivity contribution in [2.24, 2.45) is 11.3 Å². The number of hydrogen-bond donors (Lipinski definition) is 0. The van der Waals surface area contributed by atoms with Gasteiger partial charge in [-0.15, -0.1) is 12.3 Å². The fraction of sp³-hybridized carbons (Fsp3) is 0.714. The molecular formula is C7H8. The molecule has 1 spiro atoms. The van der Waals surface area contributed by atoms with E-state index in [0.717, 1.165) is 5.41 Å². The van der Waals surface area contributed by atoms with E-state index in [1.807, 2.05) is 0 Å². The first-order chi connectivity index (χ1) is 3.37. The van der Waals surface area contributed by atoms with E-state index in [4.69, 9.17) is 6.42 Å². The number of hydrogen-bond acceptors (Lipinski definition) is 0. The lowest BCUT2D eigenvalue weighted by molar-refractivity contribution is 0.839. The van der Waals surface area contributed by atoms with Crippen molar-refractivity contribution in [2.75, 3.05) is 0 Å². The molecule has 0 amide bonds. The summed E-state index contributed by atoms with van der Waals surface area (Å²) in [4.78, 5) is 0. The third-order valence-electron chi connectivity index (χ3n) is 2.28. The molecule has 36 valence electrons. The van der Waals surface area contributed by atoms with E-state index in [1.165, 1.54) is 19.3 Å². The first-order valence-electron chi connectivity index (χ1n) is 2.83. The van der Waals surface area contributed by atoms with Gasteiger partial charge in [0.15, 0.2) is 0 Å². The average molecular weight is 92.1 g/mol. The molecule has 0 aliphatic heterocycles. The Morgan fingerprint density at radius 2 is 2.29 bits per heavy atom. The highest BCUT2D eigenvalue weighted by atomic mass is 14.6. The predicted octanol–water partition coefficient (Wildman–Crippen LogP) is 1.42. The SMILES string of the molecule is C#CC1CC12CC2. The zero-order valence-electron chi connectivity index (χ0n) is 4.28. The second-order valence-corrected chi connectivity index (χ2v) is 2.79. The van der Waals surface area contributed by atoms with Crippen LogP contribution in [0.5, 0.6) is 0 Å². The summed E-state index contributed by atoms with van der Waals surface area (Å²) in [7, 11) is 0. The summed E-state index contributed by atoms with van der Waals surface area (Å²) >= 11 is 0. The summed E-state index contributed by atoms with van der Waals surface area (Å²) in [6, 6.07) is 0. The van der Waals surface area contributed by atoms with Crippen LogP contribution in [0, 0.1) is 23.7 Å². The van der Waals surface area contributed by atoms with Gasteiger partial charge in [0.25, 0.3) is 0 Å². The van der Waals surface area contributed by atoms with Gasteiger partial charge in [0.2, 0.25) is 0 Å². The van der Waals surface area contributed by atoms with Crippen molar-refractivity contribution in [3.63, 3.8) is 0 Å². The normalized spacial score (nSPS) is 40.1. The Morgan fingerprint density at radius 1 is 1.57 bits per heavy atom. The van der Waals surface area contributed by atoms with Crippen molar-refractivity contribution < 1.29 is 0 Å². The van der Waals surface area contributed by atoms with Gasteiger partial charge in [-0.25, -0.2) is 0 Å². The van der Waals surface area contributed by atoms with Crippen molar-refractivity contribution in [2.45, 2.75) is 19.3 Å². The smallest absolute Gasteiger partial charge is 0.0262 e. The molecule has 0 saturated heterocycles. The molecule has 1 atom stereocenters. The van der Waals surface area contributed by atoms with Crippen molar-refractivity contribution >= 4 is 0 Å². The first-order valence-corrected chi connectivity index (χ1v) is 2.83. The van der Waals surface area contributed by atoms with Crippen LogP contribution in [0.25, 0.3) is 0 Å². The molecule has 0 aromatic rings. The Morgan fingerprint density at radius 3 is 2.43 bits per heavy atom. The van der Waals surface area contributed by atoms with Gasteiger partial charge in [0.05, 0.1) is 0 Å². The Hall–Kier alpha value is -0.440. The van der Waals surface area contributed by atoms with Crippen LogP contribution in [0.15, 0.2) is 0 Å². The van der Waals surface area contributed by atoms with Crippen molar-refractivity contribution in [1.29, 1.82) is 0 Å². The van der Waals surface area contributed by atoms with Crippen molar-refractivity contribution in [3.05, 3.63) is 0 Å². The zero-order chi connectivity index (χ0) is 4.91. The molecule has 2 aliphatic rings. The minimum Gasteiger partial charge on any atom is -0.120 e. The van der Waals surface area contributed by atoms with Gasteiger partial charge in [0.1, 0.15) is 0 Å². The Balaban J connectivity index is 2.13. The molecule has 0 N–H and O–H groups in total. The molecule has 1 unspecified atom stereocenters. The zero-order valence-corrected chi connectivity index (χ0v) is 4.28. The molecular weight excluding hydrogens is 84.1 g/mol. The van der Waals surface area contributed by atoms with Crippen molar-refractivity contribution in [3.8, 4) is 12.3 Å². The fourth-order valence-corrected chi connectivity index (χ4v) is 1.30. The number of rotatable bonds is 0. The fourth-order valence-electron chi connectivity index (χ4n) is 1.30. The minimum atomic E-state index is 0.687. The summed E-state index contributed by atoms with van der Waals surface area (Å²) in [5.74, 6) is 3.48. The monoisotopic (exact) mass is 92.1 g/mol. The average Bonchev–Trinajstić information content (AvgIpc) is 2.52. The molecule has 0 aromatic heterocycles. The van der Waals surface area contributed by atoms with Gasteiger partial charge in [0, 0.05) is 5.92 Å². The van der Waals surface area contributed by atoms with Gasteiger partial charge in [-0.2, -0.15) is 0 Å². The molecule has 0 nitrogen and oxygen atoms in total. The molecule has 0 radical (unpaired) electrons. The Bertz CT molecular complexity index is 135. The van der Waals surface area contributed by atoms with Crippen LogP contribution in [0.3, 0.4) is 0 Å². The molecule has 0 heterocycles. The first kappa shape index (κ1) is 3.55. The second kappa shape index (κ2) is 0.733. The topological polar surface area (TPSA) is 0 Å². The van der Waals surface area contributed by atoms with Crippen LogP contribution < -0.4 is 0 Å². The van der Waals surface area contributed by atoms with E-state index in [1.54, 1.807) is 0 Å². The third kappa shape index (κ3) is 0.291. The Kier molecular flexibility index (Phi) is 0.371. The van der Waals surface area contributed by atoms with E-state index in [2.05, 4.69) is 5.92 Å². The number of terminal acetylenes is 1. The van der Waals surface area contributed by atoms with Gasteiger partial charge in [-0.1, -0.05) is 0 Å². The van der Waals surface area contributed by atoms with Gasteiger partial charge >= 0.3 is 0 Å². The van der Waals surface area contributed by atoms with Gasteiger partial charge < -0.3 is 0 Å². The molecule has 2 aliphatic carbocycles. The van der Waals surface area contributed by atoms with Crippen LogP contribution in [0.4, 0.5) is 0 Å². The van der Waals surface area contributed by atoms with Crippen molar-refractivity contribution in [1.82, 2.24) is 0 Å². The summed E-state index contributed by atoms with van der Waals surface area (Å²) in [6.45, 7) is 0. The summed E-state index contributed by atoms with van der Waals surface area (Å²) < 4.78 is 0.